The number of rotatable bonds is 7. The molecule has 2 N–H and O–H groups in total. The SMILES string of the molecule is CCCN(Cc1ncc(-c2ccc3cc(-c4ccc5nc([C@@H]6CCCN6C(=O)OC(C)(C)C)[nH]c5c4)ccc3c2)[nH]1)C(=O)OC(C)(C)C. The molecule has 2 amide bonds. The smallest absolute Gasteiger partial charge is 0.410 e. The van der Waals surface area contributed by atoms with Crippen LogP contribution in [0.15, 0.2) is 60.8 Å². The summed E-state index contributed by atoms with van der Waals surface area (Å²) in [7, 11) is 0. The van der Waals surface area contributed by atoms with E-state index in [0.717, 1.165) is 69.3 Å². The van der Waals surface area contributed by atoms with Crippen LogP contribution in [-0.4, -0.2) is 66.2 Å². The number of likely N-dealkylation sites (tertiary alicyclic amines) is 1. The molecule has 48 heavy (non-hydrogen) atoms. The molecular formula is C38H46N6O4. The number of benzene rings is 3. The average molecular weight is 651 g/mol. The van der Waals surface area contributed by atoms with Gasteiger partial charge in [0.15, 0.2) is 0 Å². The second-order valence-electron chi connectivity index (χ2n) is 14.6. The van der Waals surface area contributed by atoms with E-state index >= 15 is 0 Å². The highest BCUT2D eigenvalue weighted by atomic mass is 16.6. The van der Waals surface area contributed by atoms with E-state index in [1.165, 1.54) is 0 Å². The summed E-state index contributed by atoms with van der Waals surface area (Å²) in [5, 5.41) is 2.24. The second-order valence-corrected chi connectivity index (χ2v) is 14.6. The number of hydrogen-bond acceptors (Lipinski definition) is 6. The van der Waals surface area contributed by atoms with E-state index < -0.39 is 11.2 Å². The normalized spacial score (nSPS) is 15.3. The Morgan fingerprint density at radius 2 is 1.56 bits per heavy atom. The molecule has 3 aromatic carbocycles. The zero-order valence-corrected chi connectivity index (χ0v) is 29.0. The summed E-state index contributed by atoms with van der Waals surface area (Å²) in [5.74, 6) is 1.50. The van der Waals surface area contributed by atoms with Crippen molar-refractivity contribution in [3.05, 3.63) is 72.4 Å². The van der Waals surface area contributed by atoms with Gasteiger partial charge in [0.1, 0.15) is 22.9 Å². The number of fused-ring (bicyclic) bond motifs is 2. The zero-order valence-electron chi connectivity index (χ0n) is 29.0. The molecule has 10 nitrogen and oxygen atoms in total. The van der Waals surface area contributed by atoms with Crippen LogP contribution in [-0.2, 0) is 16.0 Å². The third kappa shape index (κ3) is 7.48. The van der Waals surface area contributed by atoms with Crippen LogP contribution in [0.5, 0.6) is 0 Å². The Bertz CT molecular complexity index is 1950. The summed E-state index contributed by atoms with van der Waals surface area (Å²) in [6.07, 6.45) is 3.77. The maximum absolute atomic E-state index is 12.9. The molecule has 10 heteroatoms. The second kappa shape index (κ2) is 13.0. The highest BCUT2D eigenvalue weighted by Crippen LogP contribution is 2.34. The molecule has 0 bridgehead atoms. The maximum Gasteiger partial charge on any atom is 0.410 e. The number of hydrogen-bond donors (Lipinski definition) is 2. The molecule has 5 aromatic rings. The van der Waals surface area contributed by atoms with E-state index in [-0.39, 0.29) is 18.2 Å². The lowest BCUT2D eigenvalue weighted by Gasteiger charge is -2.27. The maximum atomic E-state index is 12.9. The first kappa shape index (κ1) is 33.1. The molecule has 1 aliphatic heterocycles. The lowest BCUT2D eigenvalue weighted by molar-refractivity contribution is 0.0213. The van der Waals surface area contributed by atoms with Gasteiger partial charge in [-0.1, -0.05) is 37.3 Å². The number of carbonyl (C=O) groups is 2. The number of H-pyrrole nitrogens is 2. The fourth-order valence-electron chi connectivity index (χ4n) is 6.15. The molecule has 1 fully saturated rings. The number of aromatic nitrogens is 4. The average Bonchev–Trinajstić information content (AvgIpc) is 3.78. The van der Waals surface area contributed by atoms with Crippen LogP contribution in [0.3, 0.4) is 0 Å². The first-order valence-corrected chi connectivity index (χ1v) is 16.8. The van der Waals surface area contributed by atoms with Crippen molar-refractivity contribution < 1.29 is 19.1 Å². The van der Waals surface area contributed by atoms with Crippen LogP contribution < -0.4 is 0 Å². The van der Waals surface area contributed by atoms with Gasteiger partial charge in [0.05, 0.1) is 35.5 Å². The number of ether oxygens (including phenoxy) is 2. The van der Waals surface area contributed by atoms with Crippen molar-refractivity contribution in [2.45, 2.75) is 91.5 Å². The Morgan fingerprint density at radius 1 is 0.896 bits per heavy atom. The van der Waals surface area contributed by atoms with Gasteiger partial charge in [0.25, 0.3) is 0 Å². The highest BCUT2D eigenvalue weighted by Gasteiger charge is 2.35. The number of aromatic amines is 2. The highest BCUT2D eigenvalue weighted by molar-refractivity contribution is 5.91. The Labute approximate surface area is 281 Å². The summed E-state index contributed by atoms with van der Waals surface area (Å²) >= 11 is 0. The third-order valence-electron chi connectivity index (χ3n) is 8.30. The molecule has 252 valence electrons. The first-order valence-electron chi connectivity index (χ1n) is 16.8. The molecule has 2 aromatic heterocycles. The van der Waals surface area contributed by atoms with Gasteiger partial charge in [-0.2, -0.15) is 0 Å². The quantitative estimate of drug-likeness (QED) is 0.182. The number of amides is 2. The molecule has 6 rings (SSSR count). The van der Waals surface area contributed by atoms with E-state index in [4.69, 9.17) is 14.5 Å². The van der Waals surface area contributed by atoms with Gasteiger partial charge in [-0.15, -0.1) is 0 Å². The monoisotopic (exact) mass is 650 g/mol. The number of carbonyl (C=O) groups excluding carboxylic acids is 2. The van der Waals surface area contributed by atoms with Gasteiger partial charge in [0, 0.05) is 18.7 Å². The standard InChI is InChI=1S/C38H46N6O4/c1-8-17-43(35(45)47-37(2,3)4)23-33-39-22-31(40-33)28-14-13-24-19-25(11-12-26(24)20-28)27-15-16-29-30(21-27)42-34(41-29)32-10-9-18-44(32)36(46)48-38(5,6)7/h11-16,19-22,32H,8-10,17-18,23H2,1-7H3,(H,39,40)(H,41,42)/t32-/m0/s1. The molecule has 3 heterocycles. The topological polar surface area (TPSA) is 116 Å². The fourth-order valence-corrected chi connectivity index (χ4v) is 6.15. The molecule has 1 atom stereocenters. The molecule has 0 saturated carbocycles. The number of nitrogens with zero attached hydrogens (tertiary/aromatic N) is 4. The first-order chi connectivity index (χ1) is 22.8. The van der Waals surface area contributed by atoms with E-state index in [0.29, 0.717) is 25.5 Å². The molecular weight excluding hydrogens is 604 g/mol. The lowest BCUT2D eigenvalue weighted by Crippen LogP contribution is -2.37. The predicted octanol–water partition coefficient (Wildman–Crippen LogP) is 8.99. The van der Waals surface area contributed by atoms with Crippen molar-refractivity contribution in [2.24, 2.45) is 0 Å². The van der Waals surface area contributed by atoms with E-state index in [1.807, 2.05) is 60.7 Å². The van der Waals surface area contributed by atoms with Crippen molar-refractivity contribution in [2.75, 3.05) is 13.1 Å². The molecule has 1 saturated heterocycles. The minimum absolute atomic E-state index is 0.128. The van der Waals surface area contributed by atoms with Crippen LogP contribution in [0, 0.1) is 0 Å². The Hall–Kier alpha value is -4.86. The minimum Gasteiger partial charge on any atom is -0.444 e. The third-order valence-corrected chi connectivity index (χ3v) is 8.30. The Balaban J connectivity index is 1.18. The summed E-state index contributed by atoms with van der Waals surface area (Å²) in [5.41, 5.74) is 4.81. The van der Waals surface area contributed by atoms with Gasteiger partial charge < -0.3 is 24.3 Å². The van der Waals surface area contributed by atoms with E-state index in [2.05, 4.69) is 63.5 Å². The van der Waals surface area contributed by atoms with E-state index in [1.54, 1.807) is 9.80 Å². The van der Waals surface area contributed by atoms with Crippen molar-refractivity contribution in [1.29, 1.82) is 0 Å². The van der Waals surface area contributed by atoms with Crippen LogP contribution in [0.4, 0.5) is 9.59 Å². The summed E-state index contributed by atoms with van der Waals surface area (Å²) in [6.45, 7) is 14.9. The fraction of sp³-hybridized carbons (Fsp3) is 0.421. The largest absolute Gasteiger partial charge is 0.444 e. The number of nitrogens with one attached hydrogen (secondary N) is 2. The van der Waals surface area contributed by atoms with Gasteiger partial charge in [0.2, 0.25) is 0 Å². The summed E-state index contributed by atoms with van der Waals surface area (Å²) < 4.78 is 11.3. The zero-order chi connectivity index (χ0) is 34.2. The Morgan fingerprint density at radius 3 is 2.27 bits per heavy atom. The van der Waals surface area contributed by atoms with Crippen LogP contribution in [0.1, 0.15) is 85.4 Å². The molecule has 0 radical (unpaired) electrons. The van der Waals surface area contributed by atoms with Gasteiger partial charge in [-0.3, -0.25) is 4.90 Å². The van der Waals surface area contributed by atoms with Gasteiger partial charge in [-0.05, 0) is 107 Å². The van der Waals surface area contributed by atoms with Crippen molar-refractivity contribution in [1.82, 2.24) is 29.7 Å². The van der Waals surface area contributed by atoms with Crippen molar-refractivity contribution in [3.63, 3.8) is 0 Å². The van der Waals surface area contributed by atoms with Crippen LogP contribution in [0.2, 0.25) is 0 Å². The van der Waals surface area contributed by atoms with Crippen LogP contribution >= 0.6 is 0 Å². The van der Waals surface area contributed by atoms with Crippen LogP contribution in [0.25, 0.3) is 44.2 Å². The van der Waals surface area contributed by atoms with E-state index in [9.17, 15) is 9.59 Å². The lowest BCUT2D eigenvalue weighted by atomic mass is 9.99. The molecule has 0 unspecified atom stereocenters. The molecule has 1 aliphatic rings. The molecule has 0 spiro atoms. The summed E-state index contributed by atoms with van der Waals surface area (Å²) in [6, 6.07) is 18.9. The van der Waals surface area contributed by atoms with Crippen molar-refractivity contribution in [3.8, 4) is 22.4 Å². The van der Waals surface area contributed by atoms with Gasteiger partial charge >= 0.3 is 12.2 Å². The summed E-state index contributed by atoms with van der Waals surface area (Å²) in [4.78, 5) is 45.4. The number of imidazole rings is 2. The van der Waals surface area contributed by atoms with Gasteiger partial charge in [-0.25, -0.2) is 19.6 Å². The predicted molar refractivity (Wildman–Crippen MR) is 188 cm³/mol. The minimum atomic E-state index is -0.556. The Kier molecular flexibility index (Phi) is 8.94. The van der Waals surface area contributed by atoms with Crippen molar-refractivity contribution >= 4 is 34.0 Å². The molecule has 0 aliphatic carbocycles.